The quantitative estimate of drug-likeness (QED) is 0.819. The van der Waals surface area contributed by atoms with Gasteiger partial charge in [-0.25, -0.2) is 0 Å². The minimum atomic E-state index is 0.273. The Hall–Kier alpha value is -0.860. The van der Waals surface area contributed by atoms with Crippen LogP contribution in [0, 0.1) is 6.92 Å². The summed E-state index contributed by atoms with van der Waals surface area (Å²) >= 11 is 0. The van der Waals surface area contributed by atoms with Crippen LogP contribution in [-0.2, 0) is 6.54 Å². The molecular weight excluding hydrogens is 210 g/mol. The third kappa shape index (κ3) is 4.49. The number of rotatable bonds is 6. The molecule has 0 radical (unpaired) electrons. The molecule has 0 aliphatic rings. The van der Waals surface area contributed by atoms with E-state index in [2.05, 4.69) is 50.9 Å². The van der Waals surface area contributed by atoms with Crippen molar-refractivity contribution in [2.75, 3.05) is 20.2 Å². The van der Waals surface area contributed by atoms with Crippen molar-refractivity contribution in [2.24, 2.45) is 0 Å². The van der Waals surface area contributed by atoms with Gasteiger partial charge in [0.05, 0.1) is 0 Å². The zero-order valence-corrected chi connectivity index (χ0v) is 11.5. The molecule has 1 rings (SSSR count). The van der Waals surface area contributed by atoms with Crippen LogP contribution in [0.1, 0.15) is 42.9 Å². The molecule has 0 aromatic heterocycles. The Morgan fingerprint density at radius 1 is 1.29 bits per heavy atom. The van der Waals surface area contributed by atoms with Crippen LogP contribution in [0.5, 0.6) is 0 Å². The van der Waals surface area contributed by atoms with Gasteiger partial charge >= 0.3 is 0 Å². The van der Waals surface area contributed by atoms with Gasteiger partial charge in [0.25, 0.3) is 0 Å². The number of aryl methyl sites for hydroxylation is 1. The topological polar surface area (TPSA) is 23.5 Å². The number of hydrogen-bond donors (Lipinski definition) is 1. The molecule has 0 bridgehead atoms. The van der Waals surface area contributed by atoms with E-state index in [-0.39, 0.29) is 6.61 Å². The average Bonchev–Trinajstić information content (AvgIpc) is 2.29. The number of aliphatic hydroxyl groups excluding tert-OH is 1. The second-order valence-corrected chi connectivity index (χ2v) is 5.16. The summed E-state index contributed by atoms with van der Waals surface area (Å²) in [5.74, 6) is 0.581. The molecule has 0 saturated carbocycles. The summed E-state index contributed by atoms with van der Waals surface area (Å²) in [6.45, 7) is 8.80. The SMILES string of the molecule is Cc1ccc(C(C)C)cc1CN(C)CCCO. The Kier molecular flexibility index (Phi) is 5.66. The van der Waals surface area contributed by atoms with Crippen LogP contribution in [0.4, 0.5) is 0 Å². The first-order valence-corrected chi connectivity index (χ1v) is 6.43. The largest absolute Gasteiger partial charge is 0.396 e. The normalized spacial score (nSPS) is 11.5. The van der Waals surface area contributed by atoms with E-state index in [4.69, 9.17) is 5.11 Å². The zero-order chi connectivity index (χ0) is 12.8. The number of nitrogens with zero attached hydrogens (tertiary/aromatic N) is 1. The van der Waals surface area contributed by atoms with Gasteiger partial charge in [-0.05, 0) is 43.0 Å². The Balaban J connectivity index is 2.72. The van der Waals surface area contributed by atoms with E-state index < -0.39 is 0 Å². The molecule has 0 saturated heterocycles. The standard InChI is InChI=1S/C15H25NO/c1-12(2)14-7-6-13(3)15(10-14)11-16(4)8-5-9-17/h6-7,10,12,17H,5,8-9,11H2,1-4H3. The first-order valence-electron chi connectivity index (χ1n) is 6.43. The second-order valence-electron chi connectivity index (χ2n) is 5.16. The van der Waals surface area contributed by atoms with Crippen molar-refractivity contribution in [1.82, 2.24) is 4.90 Å². The van der Waals surface area contributed by atoms with E-state index in [1.54, 1.807) is 0 Å². The second kappa shape index (κ2) is 6.77. The molecule has 0 atom stereocenters. The lowest BCUT2D eigenvalue weighted by molar-refractivity contribution is 0.244. The first kappa shape index (κ1) is 14.2. The van der Waals surface area contributed by atoms with Crippen LogP contribution in [0.15, 0.2) is 18.2 Å². The van der Waals surface area contributed by atoms with Gasteiger partial charge in [-0.15, -0.1) is 0 Å². The highest BCUT2D eigenvalue weighted by molar-refractivity contribution is 5.32. The monoisotopic (exact) mass is 235 g/mol. The third-order valence-corrected chi connectivity index (χ3v) is 3.18. The van der Waals surface area contributed by atoms with Gasteiger partial charge in [0.15, 0.2) is 0 Å². The van der Waals surface area contributed by atoms with Crippen molar-refractivity contribution in [3.8, 4) is 0 Å². The third-order valence-electron chi connectivity index (χ3n) is 3.18. The molecule has 1 aromatic rings. The average molecular weight is 235 g/mol. The van der Waals surface area contributed by atoms with Crippen molar-refractivity contribution in [3.63, 3.8) is 0 Å². The summed E-state index contributed by atoms with van der Waals surface area (Å²) in [6, 6.07) is 6.75. The summed E-state index contributed by atoms with van der Waals surface area (Å²) in [7, 11) is 2.11. The molecule has 1 aromatic carbocycles. The minimum Gasteiger partial charge on any atom is -0.396 e. The molecule has 0 heterocycles. The molecule has 0 aliphatic carbocycles. The molecule has 0 amide bonds. The van der Waals surface area contributed by atoms with Crippen molar-refractivity contribution in [3.05, 3.63) is 34.9 Å². The highest BCUT2D eigenvalue weighted by atomic mass is 16.3. The van der Waals surface area contributed by atoms with Gasteiger partial charge in [0.1, 0.15) is 0 Å². The Bertz CT molecular complexity index is 347. The van der Waals surface area contributed by atoms with Crippen LogP contribution in [0.2, 0.25) is 0 Å². The fourth-order valence-electron chi connectivity index (χ4n) is 1.93. The maximum atomic E-state index is 8.83. The molecule has 2 heteroatoms. The minimum absolute atomic E-state index is 0.273. The van der Waals surface area contributed by atoms with Crippen molar-refractivity contribution < 1.29 is 5.11 Å². The summed E-state index contributed by atoms with van der Waals surface area (Å²) in [6.07, 6.45) is 0.847. The van der Waals surface area contributed by atoms with Gasteiger partial charge in [-0.2, -0.15) is 0 Å². The smallest absolute Gasteiger partial charge is 0.0443 e. The zero-order valence-electron chi connectivity index (χ0n) is 11.5. The van der Waals surface area contributed by atoms with Crippen LogP contribution in [0.3, 0.4) is 0 Å². The molecule has 96 valence electrons. The first-order chi connectivity index (χ1) is 8.04. The summed E-state index contributed by atoms with van der Waals surface area (Å²) in [4.78, 5) is 2.27. The Labute approximate surface area is 105 Å². The number of hydrogen-bond acceptors (Lipinski definition) is 2. The van der Waals surface area contributed by atoms with Crippen molar-refractivity contribution in [1.29, 1.82) is 0 Å². The van der Waals surface area contributed by atoms with Gasteiger partial charge in [0.2, 0.25) is 0 Å². The number of benzene rings is 1. The summed E-state index contributed by atoms with van der Waals surface area (Å²) in [5, 5.41) is 8.83. The molecule has 0 unspecified atom stereocenters. The fraction of sp³-hybridized carbons (Fsp3) is 0.600. The van der Waals surface area contributed by atoms with Crippen molar-refractivity contribution in [2.45, 2.75) is 39.7 Å². The molecule has 17 heavy (non-hydrogen) atoms. The molecule has 0 spiro atoms. The lowest BCUT2D eigenvalue weighted by Crippen LogP contribution is -2.20. The molecular formula is C15H25NO. The van der Waals surface area contributed by atoms with Gasteiger partial charge < -0.3 is 10.0 Å². The predicted octanol–water partition coefficient (Wildman–Crippen LogP) is 2.93. The van der Waals surface area contributed by atoms with Crippen molar-refractivity contribution >= 4 is 0 Å². The lowest BCUT2D eigenvalue weighted by Gasteiger charge is -2.19. The molecule has 1 N–H and O–H groups in total. The Morgan fingerprint density at radius 3 is 2.59 bits per heavy atom. The maximum absolute atomic E-state index is 8.83. The highest BCUT2D eigenvalue weighted by Crippen LogP contribution is 2.19. The number of aliphatic hydroxyl groups is 1. The molecule has 0 fully saturated rings. The van der Waals surface area contributed by atoms with Crippen LogP contribution in [0.25, 0.3) is 0 Å². The van der Waals surface area contributed by atoms with Crippen LogP contribution < -0.4 is 0 Å². The van der Waals surface area contributed by atoms with Gasteiger partial charge in [0, 0.05) is 19.7 Å². The van der Waals surface area contributed by atoms with Gasteiger partial charge in [-0.1, -0.05) is 32.0 Å². The van der Waals surface area contributed by atoms with E-state index in [0.717, 1.165) is 19.5 Å². The lowest BCUT2D eigenvalue weighted by atomic mass is 9.97. The van der Waals surface area contributed by atoms with Gasteiger partial charge in [-0.3, -0.25) is 0 Å². The maximum Gasteiger partial charge on any atom is 0.0443 e. The summed E-state index contributed by atoms with van der Waals surface area (Å²) < 4.78 is 0. The van der Waals surface area contributed by atoms with Crippen LogP contribution in [-0.4, -0.2) is 30.2 Å². The Morgan fingerprint density at radius 2 is 2.00 bits per heavy atom. The summed E-state index contributed by atoms with van der Waals surface area (Å²) in [5.41, 5.74) is 4.16. The highest BCUT2D eigenvalue weighted by Gasteiger charge is 2.06. The predicted molar refractivity (Wildman–Crippen MR) is 73.3 cm³/mol. The van der Waals surface area contributed by atoms with E-state index in [0.29, 0.717) is 5.92 Å². The fourth-order valence-corrected chi connectivity index (χ4v) is 1.93. The van der Waals surface area contributed by atoms with E-state index in [1.165, 1.54) is 16.7 Å². The van der Waals surface area contributed by atoms with E-state index in [9.17, 15) is 0 Å². The molecule has 0 aliphatic heterocycles. The van der Waals surface area contributed by atoms with Crippen LogP contribution >= 0.6 is 0 Å². The molecule has 2 nitrogen and oxygen atoms in total. The van der Waals surface area contributed by atoms with E-state index >= 15 is 0 Å². The van der Waals surface area contributed by atoms with E-state index in [1.807, 2.05) is 0 Å².